The van der Waals surface area contributed by atoms with Crippen LogP contribution in [0.4, 0.5) is 0 Å². The van der Waals surface area contributed by atoms with Crippen molar-refractivity contribution in [3.63, 3.8) is 0 Å². The second kappa shape index (κ2) is 8.59. The van der Waals surface area contributed by atoms with Crippen LogP contribution < -0.4 is 5.32 Å². The molecule has 0 fully saturated rings. The molecule has 5 nitrogen and oxygen atoms in total. The van der Waals surface area contributed by atoms with E-state index in [2.05, 4.69) is 63.7 Å². The molecule has 2 aromatic carbocycles. The van der Waals surface area contributed by atoms with Gasteiger partial charge in [0.25, 0.3) is 0 Å². The number of aromatic nitrogens is 4. The molecule has 1 N–H and O–H groups in total. The zero-order chi connectivity index (χ0) is 19.2. The van der Waals surface area contributed by atoms with E-state index in [1.54, 1.807) is 6.20 Å². The van der Waals surface area contributed by atoms with Gasteiger partial charge in [0.1, 0.15) is 0 Å². The largest absolute Gasteiger partial charge is 0.304 e. The van der Waals surface area contributed by atoms with Crippen molar-refractivity contribution in [2.75, 3.05) is 0 Å². The fourth-order valence-corrected chi connectivity index (χ4v) is 3.19. The summed E-state index contributed by atoms with van der Waals surface area (Å²) in [5.74, 6) is 0.753. The SMILES string of the molecule is Cc1cccc(-c2ncc(CN[C@@H](Cn3cccn3)c3ccccc3)cn2)c1. The van der Waals surface area contributed by atoms with Gasteiger partial charge in [-0.3, -0.25) is 4.68 Å². The molecule has 0 aliphatic heterocycles. The van der Waals surface area contributed by atoms with E-state index < -0.39 is 0 Å². The maximum Gasteiger partial charge on any atom is 0.159 e. The Bertz CT molecular complexity index is 995. The Kier molecular flexibility index (Phi) is 5.54. The normalized spacial score (nSPS) is 12.0. The van der Waals surface area contributed by atoms with E-state index in [-0.39, 0.29) is 6.04 Å². The molecule has 0 radical (unpaired) electrons. The van der Waals surface area contributed by atoms with Crippen molar-refractivity contribution in [3.05, 3.63) is 102 Å². The van der Waals surface area contributed by atoms with Gasteiger partial charge in [0, 0.05) is 42.5 Å². The van der Waals surface area contributed by atoms with Gasteiger partial charge in [-0.15, -0.1) is 0 Å². The number of hydrogen-bond donors (Lipinski definition) is 1. The summed E-state index contributed by atoms with van der Waals surface area (Å²) in [6.45, 7) is 3.53. The van der Waals surface area contributed by atoms with Crippen molar-refractivity contribution < 1.29 is 0 Å². The van der Waals surface area contributed by atoms with Crippen LogP contribution >= 0.6 is 0 Å². The topological polar surface area (TPSA) is 55.6 Å². The monoisotopic (exact) mass is 369 g/mol. The molecule has 140 valence electrons. The van der Waals surface area contributed by atoms with Gasteiger partial charge in [0.15, 0.2) is 5.82 Å². The standard InChI is InChI=1S/C23H23N5/c1-18-7-5-10-21(13-18)23-25-15-19(16-26-23)14-24-22(17-28-12-6-11-27-28)20-8-3-2-4-9-20/h2-13,15-16,22,24H,14,17H2,1H3/t22-/m0/s1. The summed E-state index contributed by atoms with van der Waals surface area (Å²) in [5, 5.41) is 7.96. The van der Waals surface area contributed by atoms with Crippen molar-refractivity contribution in [1.82, 2.24) is 25.1 Å². The minimum atomic E-state index is 0.151. The number of nitrogens with one attached hydrogen (secondary N) is 1. The average molecular weight is 369 g/mol. The van der Waals surface area contributed by atoms with Crippen LogP contribution in [0, 0.1) is 6.92 Å². The van der Waals surface area contributed by atoms with E-state index in [1.807, 2.05) is 47.5 Å². The van der Waals surface area contributed by atoms with Crippen molar-refractivity contribution >= 4 is 0 Å². The average Bonchev–Trinajstić information content (AvgIpc) is 3.25. The van der Waals surface area contributed by atoms with Crippen molar-refractivity contribution in [3.8, 4) is 11.4 Å². The zero-order valence-electron chi connectivity index (χ0n) is 15.9. The molecule has 1 atom stereocenters. The van der Waals surface area contributed by atoms with E-state index >= 15 is 0 Å². The predicted octanol–water partition coefficient (Wildman–Crippen LogP) is 4.18. The van der Waals surface area contributed by atoms with Crippen LogP contribution in [0.5, 0.6) is 0 Å². The lowest BCUT2D eigenvalue weighted by molar-refractivity contribution is 0.437. The molecular formula is C23H23N5. The van der Waals surface area contributed by atoms with Crippen LogP contribution in [-0.2, 0) is 13.1 Å². The summed E-state index contributed by atoms with van der Waals surface area (Å²) in [4.78, 5) is 9.10. The van der Waals surface area contributed by atoms with Gasteiger partial charge in [0.2, 0.25) is 0 Å². The molecule has 0 unspecified atom stereocenters. The molecule has 0 spiro atoms. The van der Waals surface area contributed by atoms with E-state index in [4.69, 9.17) is 0 Å². The maximum atomic E-state index is 4.55. The highest BCUT2D eigenvalue weighted by atomic mass is 15.3. The highest BCUT2D eigenvalue weighted by Gasteiger charge is 2.12. The number of nitrogens with zero attached hydrogens (tertiary/aromatic N) is 4. The quantitative estimate of drug-likeness (QED) is 0.531. The molecular weight excluding hydrogens is 346 g/mol. The summed E-state index contributed by atoms with van der Waals surface area (Å²) in [6.07, 6.45) is 7.58. The second-order valence-electron chi connectivity index (χ2n) is 6.86. The van der Waals surface area contributed by atoms with E-state index in [9.17, 15) is 0 Å². The molecule has 0 aliphatic rings. The van der Waals surface area contributed by atoms with E-state index in [0.29, 0.717) is 6.54 Å². The molecule has 2 heterocycles. The van der Waals surface area contributed by atoms with Crippen LogP contribution in [0.2, 0.25) is 0 Å². The van der Waals surface area contributed by atoms with Crippen LogP contribution in [-0.4, -0.2) is 19.7 Å². The summed E-state index contributed by atoms with van der Waals surface area (Å²) in [5.41, 5.74) is 4.53. The summed E-state index contributed by atoms with van der Waals surface area (Å²) in [6, 6.07) is 20.8. The number of hydrogen-bond acceptors (Lipinski definition) is 4. The van der Waals surface area contributed by atoms with Crippen molar-refractivity contribution in [2.24, 2.45) is 0 Å². The predicted molar refractivity (Wildman–Crippen MR) is 110 cm³/mol. The fourth-order valence-electron chi connectivity index (χ4n) is 3.19. The van der Waals surface area contributed by atoms with Crippen LogP contribution in [0.25, 0.3) is 11.4 Å². The number of rotatable bonds is 7. The number of benzene rings is 2. The summed E-state index contributed by atoms with van der Waals surface area (Å²) >= 11 is 0. The number of aryl methyl sites for hydroxylation is 1. The Hall–Kier alpha value is -3.31. The Balaban J connectivity index is 1.46. The molecule has 4 rings (SSSR count). The second-order valence-corrected chi connectivity index (χ2v) is 6.86. The van der Waals surface area contributed by atoms with Crippen molar-refractivity contribution in [1.29, 1.82) is 0 Å². The molecule has 0 bridgehead atoms. The highest BCUT2D eigenvalue weighted by Crippen LogP contribution is 2.17. The third kappa shape index (κ3) is 4.50. The van der Waals surface area contributed by atoms with Gasteiger partial charge in [0.05, 0.1) is 12.6 Å². The lowest BCUT2D eigenvalue weighted by atomic mass is 10.1. The Morgan fingerprint density at radius 3 is 2.50 bits per heavy atom. The fraction of sp³-hybridized carbons (Fsp3) is 0.174. The van der Waals surface area contributed by atoms with Crippen molar-refractivity contribution in [2.45, 2.75) is 26.1 Å². The zero-order valence-corrected chi connectivity index (χ0v) is 15.9. The molecule has 0 aliphatic carbocycles. The molecule has 5 heteroatoms. The van der Waals surface area contributed by atoms with Crippen LogP contribution in [0.15, 0.2) is 85.5 Å². The first kappa shape index (κ1) is 18.1. The van der Waals surface area contributed by atoms with Gasteiger partial charge < -0.3 is 5.32 Å². The van der Waals surface area contributed by atoms with Gasteiger partial charge in [-0.2, -0.15) is 5.10 Å². The molecule has 28 heavy (non-hydrogen) atoms. The van der Waals surface area contributed by atoms with E-state index in [0.717, 1.165) is 23.5 Å². The first-order valence-corrected chi connectivity index (χ1v) is 9.42. The van der Waals surface area contributed by atoms with Crippen LogP contribution in [0.1, 0.15) is 22.7 Å². The third-order valence-electron chi connectivity index (χ3n) is 4.66. The van der Waals surface area contributed by atoms with Gasteiger partial charge in [-0.1, -0.05) is 54.1 Å². The lowest BCUT2D eigenvalue weighted by Gasteiger charge is -2.19. The van der Waals surface area contributed by atoms with Gasteiger partial charge >= 0.3 is 0 Å². The molecule has 0 saturated carbocycles. The lowest BCUT2D eigenvalue weighted by Crippen LogP contribution is -2.25. The molecule has 0 saturated heterocycles. The molecule has 2 aromatic heterocycles. The Morgan fingerprint density at radius 2 is 1.79 bits per heavy atom. The maximum absolute atomic E-state index is 4.55. The molecule has 4 aromatic rings. The summed E-state index contributed by atoms with van der Waals surface area (Å²) < 4.78 is 1.95. The summed E-state index contributed by atoms with van der Waals surface area (Å²) in [7, 11) is 0. The van der Waals surface area contributed by atoms with Crippen LogP contribution in [0.3, 0.4) is 0 Å². The smallest absolute Gasteiger partial charge is 0.159 e. The first-order valence-electron chi connectivity index (χ1n) is 9.42. The minimum Gasteiger partial charge on any atom is -0.304 e. The minimum absolute atomic E-state index is 0.151. The highest BCUT2D eigenvalue weighted by molar-refractivity contribution is 5.55. The van der Waals surface area contributed by atoms with Gasteiger partial charge in [-0.25, -0.2) is 9.97 Å². The van der Waals surface area contributed by atoms with E-state index in [1.165, 1.54) is 11.1 Å². The Morgan fingerprint density at radius 1 is 0.964 bits per heavy atom. The first-order chi connectivity index (χ1) is 13.8. The van der Waals surface area contributed by atoms with Gasteiger partial charge in [-0.05, 0) is 24.6 Å². The molecule has 0 amide bonds. The third-order valence-corrected chi connectivity index (χ3v) is 4.66. The Labute approximate surface area is 165 Å².